The molecule has 0 spiro atoms. The fourth-order valence-electron chi connectivity index (χ4n) is 1.74. The Balaban J connectivity index is 4.62. The molecule has 0 aromatic rings. The summed E-state index contributed by atoms with van der Waals surface area (Å²) in [5, 5.41) is 1.12. The molecule has 0 atom stereocenters. The first-order valence-electron chi connectivity index (χ1n) is 8.30. The van der Waals surface area contributed by atoms with E-state index in [2.05, 4.69) is 5.43 Å². The number of hydrogen-bond acceptors (Lipinski definition) is 5. The third-order valence-electron chi connectivity index (χ3n) is 2.65. The molecule has 0 aromatic carbocycles. The van der Waals surface area contributed by atoms with Crippen molar-refractivity contribution in [3.63, 3.8) is 0 Å². The van der Waals surface area contributed by atoms with Crippen LogP contribution in [-0.2, 0) is 14.3 Å². The fraction of sp³-hybridized carbons (Fsp3) is 0.824. The lowest BCUT2D eigenvalue weighted by Crippen LogP contribution is -2.50. The topological polar surface area (TPSA) is 84.9 Å². The molecule has 0 aliphatic rings. The van der Waals surface area contributed by atoms with Gasteiger partial charge in [-0.3, -0.25) is 0 Å². The van der Waals surface area contributed by atoms with Crippen LogP contribution >= 0.6 is 0 Å². The number of carbonyl (C=O) groups excluding carboxylic acids is 3. The number of hydrogen-bond donors (Lipinski definition) is 1. The minimum Gasteiger partial charge on any atom is -0.443 e. The molecule has 1 N–H and O–H groups in total. The molecule has 0 saturated heterocycles. The number of nitrogens with one attached hydrogen (secondary N) is 1. The average molecular weight is 344 g/mol. The van der Waals surface area contributed by atoms with Gasteiger partial charge in [-0.1, -0.05) is 6.42 Å². The van der Waals surface area contributed by atoms with Crippen LogP contribution in [-0.4, -0.2) is 40.7 Å². The van der Waals surface area contributed by atoms with Gasteiger partial charge in [0.2, 0.25) is 0 Å². The van der Waals surface area contributed by atoms with E-state index < -0.39 is 23.4 Å². The largest absolute Gasteiger partial charge is 0.443 e. The maximum atomic E-state index is 12.2. The van der Waals surface area contributed by atoms with Gasteiger partial charge >= 0.3 is 12.2 Å². The van der Waals surface area contributed by atoms with Gasteiger partial charge in [0.15, 0.2) is 0 Å². The summed E-state index contributed by atoms with van der Waals surface area (Å²) < 4.78 is 10.5. The van der Waals surface area contributed by atoms with Crippen molar-refractivity contribution in [3.8, 4) is 0 Å². The summed E-state index contributed by atoms with van der Waals surface area (Å²) in [6, 6.07) is 0. The van der Waals surface area contributed by atoms with Gasteiger partial charge in [-0.2, -0.15) is 0 Å². The first-order valence-corrected chi connectivity index (χ1v) is 8.30. The Morgan fingerprint density at radius 1 is 0.875 bits per heavy atom. The Morgan fingerprint density at radius 2 is 1.42 bits per heavy atom. The van der Waals surface area contributed by atoms with Crippen molar-refractivity contribution in [2.45, 2.75) is 85.4 Å². The zero-order valence-electron chi connectivity index (χ0n) is 16.0. The van der Waals surface area contributed by atoms with E-state index in [1.807, 2.05) is 0 Å². The normalized spacial score (nSPS) is 11.6. The van der Waals surface area contributed by atoms with Crippen LogP contribution in [0.3, 0.4) is 0 Å². The van der Waals surface area contributed by atoms with Gasteiger partial charge in [0.1, 0.15) is 17.0 Å². The Hall–Kier alpha value is -1.79. The Kier molecular flexibility index (Phi) is 8.78. The molecule has 0 unspecified atom stereocenters. The molecule has 7 nitrogen and oxygen atoms in total. The number of ketones is 1. The summed E-state index contributed by atoms with van der Waals surface area (Å²) in [6.45, 7) is 12.3. The van der Waals surface area contributed by atoms with Gasteiger partial charge in [-0.25, -0.2) is 20.0 Å². The van der Waals surface area contributed by atoms with Crippen molar-refractivity contribution in [1.29, 1.82) is 0 Å². The van der Waals surface area contributed by atoms with Crippen molar-refractivity contribution < 1.29 is 23.9 Å². The maximum absolute atomic E-state index is 12.2. The molecule has 24 heavy (non-hydrogen) atoms. The number of ether oxygens (including phenoxy) is 2. The molecule has 0 rings (SSSR count). The van der Waals surface area contributed by atoms with E-state index in [1.165, 1.54) is 0 Å². The Morgan fingerprint density at radius 3 is 1.88 bits per heavy atom. The zero-order chi connectivity index (χ0) is 19.0. The standard InChI is InChI=1S/C17H32N2O5/c1-13(20)11-9-8-10-12-19(15(22)24-17(5,6)7)18-14(21)23-16(2,3)4/h8-12H2,1-7H3,(H,18,21). The predicted octanol–water partition coefficient (Wildman–Crippen LogP) is 3.81. The second-order valence-electron chi connectivity index (χ2n) is 7.76. The highest BCUT2D eigenvalue weighted by atomic mass is 16.6. The number of nitrogens with zero attached hydrogens (tertiary/aromatic N) is 1. The molecule has 0 aliphatic carbocycles. The number of hydrazine groups is 1. The minimum absolute atomic E-state index is 0.144. The number of unbranched alkanes of at least 4 members (excludes halogenated alkanes) is 2. The summed E-state index contributed by atoms with van der Waals surface area (Å²) in [4.78, 5) is 35.0. The molecule has 0 saturated carbocycles. The van der Waals surface area contributed by atoms with E-state index >= 15 is 0 Å². The third kappa shape index (κ3) is 12.7. The summed E-state index contributed by atoms with van der Waals surface area (Å²) in [5.74, 6) is 0.144. The quantitative estimate of drug-likeness (QED) is 0.585. The van der Waals surface area contributed by atoms with E-state index in [1.54, 1.807) is 48.5 Å². The number of carbonyl (C=O) groups is 3. The summed E-state index contributed by atoms with van der Waals surface area (Å²) in [5.41, 5.74) is 1.10. The van der Waals surface area contributed by atoms with E-state index in [0.717, 1.165) is 17.9 Å². The Labute approximate surface area is 145 Å². The van der Waals surface area contributed by atoms with Crippen molar-refractivity contribution in [2.75, 3.05) is 6.54 Å². The van der Waals surface area contributed by atoms with Crippen molar-refractivity contribution >= 4 is 18.0 Å². The van der Waals surface area contributed by atoms with Gasteiger partial charge in [-0.05, 0) is 61.3 Å². The van der Waals surface area contributed by atoms with Gasteiger partial charge in [0.05, 0.1) is 0 Å². The smallest absolute Gasteiger partial charge is 0.429 e. The summed E-state index contributed by atoms with van der Waals surface area (Å²) in [7, 11) is 0. The average Bonchev–Trinajstić information content (AvgIpc) is 2.32. The lowest BCUT2D eigenvalue weighted by atomic mass is 10.1. The molecule has 0 fully saturated rings. The van der Waals surface area contributed by atoms with Crippen LogP contribution in [0.15, 0.2) is 0 Å². The molecule has 0 bridgehead atoms. The number of amides is 2. The third-order valence-corrected chi connectivity index (χ3v) is 2.65. The number of Topliss-reactive ketones (excluding diaryl/α,β-unsaturated/α-hetero) is 1. The van der Waals surface area contributed by atoms with Crippen LogP contribution in [0.1, 0.15) is 74.1 Å². The molecule has 140 valence electrons. The van der Waals surface area contributed by atoms with Crippen LogP contribution in [0.4, 0.5) is 9.59 Å². The molecule has 7 heteroatoms. The van der Waals surface area contributed by atoms with Crippen molar-refractivity contribution in [2.24, 2.45) is 0 Å². The van der Waals surface area contributed by atoms with Gasteiger partial charge in [0, 0.05) is 13.0 Å². The first-order chi connectivity index (χ1) is 10.8. The number of rotatable bonds is 6. The van der Waals surface area contributed by atoms with E-state index in [0.29, 0.717) is 12.8 Å². The maximum Gasteiger partial charge on any atom is 0.429 e. The summed E-state index contributed by atoms with van der Waals surface area (Å²) >= 11 is 0. The highest BCUT2D eigenvalue weighted by molar-refractivity contribution is 5.75. The lowest BCUT2D eigenvalue weighted by Gasteiger charge is -2.28. The molecule has 0 aromatic heterocycles. The molecular formula is C17H32N2O5. The fourth-order valence-corrected chi connectivity index (χ4v) is 1.74. The van der Waals surface area contributed by atoms with Crippen LogP contribution < -0.4 is 5.43 Å². The van der Waals surface area contributed by atoms with E-state index in [9.17, 15) is 14.4 Å². The van der Waals surface area contributed by atoms with Gasteiger partial charge in [-0.15, -0.1) is 0 Å². The molecule has 2 amide bonds. The van der Waals surface area contributed by atoms with Crippen LogP contribution in [0, 0.1) is 0 Å². The highest BCUT2D eigenvalue weighted by Gasteiger charge is 2.25. The van der Waals surface area contributed by atoms with E-state index in [-0.39, 0.29) is 12.3 Å². The lowest BCUT2D eigenvalue weighted by molar-refractivity contribution is -0.117. The summed E-state index contributed by atoms with van der Waals surface area (Å²) in [6.07, 6.45) is 1.34. The monoisotopic (exact) mass is 344 g/mol. The SMILES string of the molecule is CC(=O)CCCCCN(NC(=O)OC(C)(C)C)C(=O)OC(C)(C)C. The second-order valence-corrected chi connectivity index (χ2v) is 7.76. The zero-order valence-corrected chi connectivity index (χ0v) is 16.0. The van der Waals surface area contributed by atoms with Gasteiger partial charge < -0.3 is 14.3 Å². The van der Waals surface area contributed by atoms with Crippen molar-refractivity contribution in [1.82, 2.24) is 10.4 Å². The second kappa shape index (κ2) is 9.49. The molecule has 0 radical (unpaired) electrons. The minimum atomic E-state index is -0.711. The molecule has 0 aliphatic heterocycles. The van der Waals surface area contributed by atoms with Crippen LogP contribution in [0.5, 0.6) is 0 Å². The van der Waals surface area contributed by atoms with Gasteiger partial charge in [0.25, 0.3) is 0 Å². The van der Waals surface area contributed by atoms with Crippen LogP contribution in [0.25, 0.3) is 0 Å². The molecule has 0 heterocycles. The van der Waals surface area contributed by atoms with Crippen molar-refractivity contribution in [3.05, 3.63) is 0 Å². The first kappa shape index (κ1) is 22.2. The Bertz CT molecular complexity index is 435. The van der Waals surface area contributed by atoms with Crippen LogP contribution in [0.2, 0.25) is 0 Å². The highest BCUT2D eigenvalue weighted by Crippen LogP contribution is 2.11. The van der Waals surface area contributed by atoms with E-state index in [4.69, 9.17) is 9.47 Å². The molecular weight excluding hydrogens is 312 g/mol. The predicted molar refractivity (Wildman–Crippen MR) is 91.5 cm³/mol.